The molecule has 0 aliphatic heterocycles. The van der Waals surface area contributed by atoms with Gasteiger partial charge in [-0.3, -0.25) is 4.68 Å². The third kappa shape index (κ3) is 3.63. The Hall–Kier alpha value is -1.84. The average molecular weight is 290 g/mol. The summed E-state index contributed by atoms with van der Waals surface area (Å²) in [7, 11) is 0. The first-order chi connectivity index (χ1) is 10.0. The van der Waals surface area contributed by atoms with E-state index in [1.54, 1.807) is 18.2 Å². The predicted octanol–water partition coefficient (Wildman–Crippen LogP) is 4.23. The van der Waals surface area contributed by atoms with Crippen LogP contribution < -0.4 is 4.74 Å². The van der Waals surface area contributed by atoms with Crippen LogP contribution in [0.5, 0.6) is 5.75 Å². The lowest BCUT2D eigenvalue weighted by atomic mass is 10.1. The molecule has 2 rings (SSSR count). The summed E-state index contributed by atoms with van der Waals surface area (Å²) >= 11 is 0. The molecule has 1 aromatic carbocycles. The highest BCUT2D eigenvalue weighted by atomic mass is 19.1. The second-order valence-corrected chi connectivity index (χ2v) is 5.57. The van der Waals surface area contributed by atoms with Crippen LogP contribution in [0.25, 0.3) is 0 Å². The monoisotopic (exact) mass is 290 g/mol. The SMILES string of the molecule is Cc1nn(C(C)C)c(C)c1CCCOc1ccccc1F. The van der Waals surface area contributed by atoms with E-state index in [-0.39, 0.29) is 5.82 Å². The molecule has 0 N–H and O–H groups in total. The molecule has 1 heterocycles. The maximum atomic E-state index is 13.4. The lowest BCUT2D eigenvalue weighted by molar-refractivity contribution is 0.295. The highest BCUT2D eigenvalue weighted by Crippen LogP contribution is 2.20. The average Bonchev–Trinajstić information content (AvgIpc) is 2.73. The topological polar surface area (TPSA) is 27.1 Å². The fourth-order valence-corrected chi connectivity index (χ4v) is 2.55. The molecule has 114 valence electrons. The van der Waals surface area contributed by atoms with E-state index in [1.807, 2.05) is 6.92 Å². The van der Waals surface area contributed by atoms with Crippen molar-refractivity contribution in [3.8, 4) is 5.75 Å². The number of hydrogen-bond acceptors (Lipinski definition) is 2. The predicted molar refractivity (Wildman–Crippen MR) is 82.3 cm³/mol. The first-order valence-electron chi connectivity index (χ1n) is 7.42. The summed E-state index contributed by atoms with van der Waals surface area (Å²) in [6.07, 6.45) is 1.75. The summed E-state index contributed by atoms with van der Waals surface area (Å²) < 4.78 is 21.0. The zero-order chi connectivity index (χ0) is 15.4. The maximum absolute atomic E-state index is 13.4. The number of halogens is 1. The van der Waals surface area contributed by atoms with Crippen molar-refractivity contribution in [3.05, 3.63) is 47.0 Å². The van der Waals surface area contributed by atoms with Crippen LogP contribution in [0, 0.1) is 19.7 Å². The Kier molecular flexibility index (Phi) is 4.99. The van der Waals surface area contributed by atoms with E-state index in [1.165, 1.54) is 17.3 Å². The minimum absolute atomic E-state index is 0.308. The van der Waals surface area contributed by atoms with Crippen molar-refractivity contribution in [3.63, 3.8) is 0 Å². The lowest BCUT2D eigenvalue weighted by Crippen LogP contribution is -2.05. The number of ether oxygens (including phenoxy) is 1. The Labute approximate surface area is 125 Å². The quantitative estimate of drug-likeness (QED) is 0.744. The molecule has 0 spiro atoms. The summed E-state index contributed by atoms with van der Waals surface area (Å²) in [5.41, 5.74) is 3.57. The van der Waals surface area contributed by atoms with Crippen LogP contribution in [0.4, 0.5) is 4.39 Å². The van der Waals surface area contributed by atoms with E-state index in [4.69, 9.17) is 4.74 Å². The first-order valence-corrected chi connectivity index (χ1v) is 7.42. The Morgan fingerprint density at radius 2 is 1.95 bits per heavy atom. The molecule has 2 aromatic rings. The van der Waals surface area contributed by atoms with Gasteiger partial charge in [-0.25, -0.2) is 4.39 Å². The van der Waals surface area contributed by atoms with Crippen LogP contribution in [-0.4, -0.2) is 16.4 Å². The molecule has 0 unspecified atom stereocenters. The van der Waals surface area contributed by atoms with Crippen LogP contribution in [0.3, 0.4) is 0 Å². The van der Waals surface area contributed by atoms with E-state index in [9.17, 15) is 4.39 Å². The van der Waals surface area contributed by atoms with E-state index in [2.05, 4.69) is 30.6 Å². The van der Waals surface area contributed by atoms with E-state index in [0.717, 1.165) is 18.5 Å². The van der Waals surface area contributed by atoms with Gasteiger partial charge in [0.2, 0.25) is 0 Å². The van der Waals surface area contributed by atoms with E-state index in [0.29, 0.717) is 18.4 Å². The second-order valence-electron chi connectivity index (χ2n) is 5.57. The number of nitrogens with zero attached hydrogens (tertiary/aromatic N) is 2. The second kappa shape index (κ2) is 6.74. The summed E-state index contributed by atoms with van der Waals surface area (Å²) in [5.74, 6) is 0.0151. The van der Waals surface area contributed by atoms with Crippen molar-refractivity contribution in [2.24, 2.45) is 0 Å². The standard InChI is InChI=1S/C17H23FN2O/c1-12(2)20-14(4)15(13(3)19-20)8-7-11-21-17-10-6-5-9-16(17)18/h5-6,9-10,12H,7-8,11H2,1-4H3. The van der Waals surface area contributed by atoms with Gasteiger partial charge in [-0.15, -0.1) is 0 Å². The molecule has 0 aliphatic carbocycles. The van der Waals surface area contributed by atoms with Gasteiger partial charge in [0.1, 0.15) is 0 Å². The van der Waals surface area contributed by atoms with Crippen LogP contribution in [-0.2, 0) is 6.42 Å². The van der Waals surface area contributed by atoms with Crippen molar-refractivity contribution < 1.29 is 9.13 Å². The van der Waals surface area contributed by atoms with Gasteiger partial charge in [-0.05, 0) is 58.2 Å². The normalized spacial score (nSPS) is 11.1. The molecule has 0 bridgehead atoms. The molecule has 3 nitrogen and oxygen atoms in total. The highest BCUT2D eigenvalue weighted by Gasteiger charge is 2.13. The zero-order valence-electron chi connectivity index (χ0n) is 13.2. The van der Waals surface area contributed by atoms with Crippen molar-refractivity contribution >= 4 is 0 Å². The van der Waals surface area contributed by atoms with Gasteiger partial charge < -0.3 is 4.74 Å². The summed E-state index contributed by atoms with van der Waals surface area (Å²) in [6, 6.07) is 6.88. The fraction of sp³-hybridized carbons (Fsp3) is 0.471. The first kappa shape index (κ1) is 15.5. The van der Waals surface area contributed by atoms with Crippen LogP contribution >= 0.6 is 0 Å². The highest BCUT2D eigenvalue weighted by molar-refractivity contribution is 5.25. The lowest BCUT2D eigenvalue weighted by Gasteiger charge is -2.09. The number of rotatable bonds is 6. The Bertz CT molecular complexity index is 605. The Balaban J connectivity index is 1.91. The van der Waals surface area contributed by atoms with Crippen molar-refractivity contribution in [2.45, 2.75) is 46.6 Å². The number of hydrogen-bond donors (Lipinski definition) is 0. The van der Waals surface area contributed by atoms with Gasteiger partial charge in [-0.1, -0.05) is 12.1 Å². The van der Waals surface area contributed by atoms with Gasteiger partial charge in [-0.2, -0.15) is 5.10 Å². The molecule has 0 aliphatic rings. The molecule has 4 heteroatoms. The zero-order valence-corrected chi connectivity index (χ0v) is 13.2. The molecule has 0 saturated heterocycles. The van der Waals surface area contributed by atoms with Gasteiger partial charge in [0.05, 0.1) is 12.3 Å². The minimum Gasteiger partial charge on any atom is -0.491 e. The molecule has 0 fully saturated rings. The maximum Gasteiger partial charge on any atom is 0.165 e. The molecule has 1 aromatic heterocycles. The minimum atomic E-state index is -0.308. The number of benzene rings is 1. The van der Waals surface area contributed by atoms with Crippen molar-refractivity contribution in [2.75, 3.05) is 6.61 Å². The summed E-state index contributed by atoms with van der Waals surface area (Å²) in [6.45, 7) is 8.91. The third-order valence-electron chi connectivity index (χ3n) is 3.63. The van der Waals surface area contributed by atoms with Gasteiger partial charge in [0.25, 0.3) is 0 Å². The van der Waals surface area contributed by atoms with Crippen LogP contribution in [0.15, 0.2) is 24.3 Å². The third-order valence-corrected chi connectivity index (χ3v) is 3.63. The molecule has 0 atom stereocenters. The van der Waals surface area contributed by atoms with Crippen LogP contribution in [0.1, 0.15) is 43.3 Å². The number of aromatic nitrogens is 2. The van der Waals surface area contributed by atoms with Crippen molar-refractivity contribution in [1.82, 2.24) is 9.78 Å². The van der Waals surface area contributed by atoms with Gasteiger partial charge in [0, 0.05) is 11.7 Å². The van der Waals surface area contributed by atoms with Gasteiger partial charge in [0.15, 0.2) is 11.6 Å². The molecular weight excluding hydrogens is 267 g/mol. The Morgan fingerprint density at radius 1 is 1.24 bits per heavy atom. The Morgan fingerprint density at radius 3 is 2.57 bits per heavy atom. The van der Waals surface area contributed by atoms with Crippen molar-refractivity contribution in [1.29, 1.82) is 0 Å². The summed E-state index contributed by atoms with van der Waals surface area (Å²) in [5, 5.41) is 4.58. The van der Waals surface area contributed by atoms with E-state index >= 15 is 0 Å². The number of aryl methyl sites for hydroxylation is 1. The van der Waals surface area contributed by atoms with Gasteiger partial charge >= 0.3 is 0 Å². The fourth-order valence-electron chi connectivity index (χ4n) is 2.55. The smallest absolute Gasteiger partial charge is 0.165 e. The molecule has 21 heavy (non-hydrogen) atoms. The van der Waals surface area contributed by atoms with E-state index < -0.39 is 0 Å². The summed E-state index contributed by atoms with van der Waals surface area (Å²) in [4.78, 5) is 0. The number of para-hydroxylation sites is 1. The molecule has 0 saturated carbocycles. The largest absolute Gasteiger partial charge is 0.491 e. The van der Waals surface area contributed by atoms with Crippen LogP contribution in [0.2, 0.25) is 0 Å². The molecule has 0 amide bonds. The molecular formula is C17H23FN2O. The molecule has 0 radical (unpaired) electrons.